The van der Waals surface area contributed by atoms with Crippen molar-refractivity contribution in [1.29, 1.82) is 0 Å². The van der Waals surface area contributed by atoms with Crippen LogP contribution in [0, 0.1) is 12.3 Å². The molecule has 1 fully saturated rings. The van der Waals surface area contributed by atoms with Gasteiger partial charge in [0.05, 0.1) is 4.90 Å². The second-order valence-electron chi connectivity index (χ2n) is 8.32. The molecule has 2 rings (SSSR count). The second-order valence-corrected chi connectivity index (χ2v) is 10.0. The van der Waals surface area contributed by atoms with E-state index in [4.69, 9.17) is 5.73 Å². The zero-order chi connectivity index (χ0) is 19.0. The van der Waals surface area contributed by atoms with Gasteiger partial charge in [-0.2, -0.15) is 0 Å². The Balaban J connectivity index is 2.32. The van der Waals surface area contributed by atoms with E-state index in [0.717, 1.165) is 12.0 Å². The molecule has 140 valence electrons. The van der Waals surface area contributed by atoms with E-state index in [1.165, 1.54) is 12.1 Å². The standard InChI is InChI=1S/C18H29N3O3S/c1-13-6-7-14(25(23,24)20-17(2,3)4)10-15(13)16(22)21-9-8-18(5,11-19)12-21/h6-7,10,20H,8-9,11-12,19H2,1-5H3. The number of sulfonamides is 1. The van der Waals surface area contributed by atoms with Gasteiger partial charge in [-0.05, 0) is 63.8 Å². The number of nitrogens with zero attached hydrogens (tertiary/aromatic N) is 1. The highest BCUT2D eigenvalue weighted by molar-refractivity contribution is 7.89. The van der Waals surface area contributed by atoms with E-state index in [9.17, 15) is 13.2 Å². The van der Waals surface area contributed by atoms with Crippen molar-refractivity contribution in [2.75, 3.05) is 19.6 Å². The van der Waals surface area contributed by atoms with E-state index in [1.807, 2.05) is 6.92 Å². The molecule has 0 bridgehead atoms. The molecule has 1 atom stereocenters. The Morgan fingerprint density at radius 1 is 1.36 bits per heavy atom. The number of rotatable bonds is 4. The highest BCUT2D eigenvalue weighted by atomic mass is 32.2. The Hall–Kier alpha value is -1.44. The maximum Gasteiger partial charge on any atom is 0.254 e. The van der Waals surface area contributed by atoms with Crippen molar-refractivity contribution in [1.82, 2.24) is 9.62 Å². The van der Waals surface area contributed by atoms with Crippen LogP contribution in [0.3, 0.4) is 0 Å². The number of nitrogens with one attached hydrogen (secondary N) is 1. The van der Waals surface area contributed by atoms with Crippen LogP contribution in [0.15, 0.2) is 23.1 Å². The SMILES string of the molecule is Cc1ccc(S(=O)(=O)NC(C)(C)C)cc1C(=O)N1CCC(C)(CN)C1. The van der Waals surface area contributed by atoms with Gasteiger partial charge in [0.25, 0.3) is 5.91 Å². The molecule has 7 heteroatoms. The Bertz CT molecular complexity index is 768. The van der Waals surface area contributed by atoms with Crippen molar-refractivity contribution in [3.05, 3.63) is 29.3 Å². The van der Waals surface area contributed by atoms with Crippen molar-refractivity contribution < 1.29 is 13.2 Å². The van der Waals surface area contributed by atoms with E-state index in [-0.39, 0.29) is 16.2 Å². The van der Waals surface area contributed by atoms with E-state index >= 15 is 0 Å². The molecule has 1 heterocycles. The fourth-order valence-electron chi connectivity index (χ4n) is 2.99. The number of likely N-dealkylation sites (tertiary alicyclic amines) is 1. The lowest BCUT2D eigenvalue weighted by Crippen LogP contribution is -2.40. The second kappa shape index (κ2) is 6.70. The number of nitrogens with two attached hydrogens (primary N) is 1. The van der Waals surface area contributed by atoms with E-state index in [0.29, 0.717) is 25.2 Å². The summed E-state index contributed by atoms with van der Waals surface area (Å²) in [5.41, 5.74) is 6.35. The smallest absolute Gasteiger partial charge is 0.254 e. The summed E-state index contributed by atoms with van der Waals surface area (Å²) in [6.07, 6.45) is 0.859. The number of carbonyl (C=O) groups is 1. The molecule has 1 aromatic carbocycles. The molecule has 1 aliphatic heterocycles. The van der Waals surface area contributed by atoms with Gasteiger partial charge in [-0.25, -0.2) is 13.1 Å². The lowest BCUT2D eigenvalue weighted by molar-refractivity contribution is 0.0776. The fourth-order valence-corrected chi connectivity index (χ4v) is 4.44. The highest BCUT2D eigenvalue weighted by Crippen LogP contribution is 2.30. The average molecular weight is 368 g/mol. The Labute approximate surface area is 150 Å². The minimum atomic E-state index is -3.68. The predicted molar refractivity (Wildman–Crippen MR) is 98.9 cm³/mol. The quantitative estimate of drug-likeness (QED) is 0.850. The van der Waals surface area contributed by atoms with Crippen molar-refractivity contribution in [2.24, 2.45) is 11.1 Å². The molecular formula is C18H29N3O3S. The summed E-state index contributed by atoms with van der Waals surface area (Å²) in [6, 6.07) is 4.70. The first-order chi connectivity index (χ1) is 11.4. The number of benzene rings is 1. The molecule has 3 N–H and O–H groups in total. The first-order valence-corrected chi connectivity index (χ1v) is 9.99. The summed E-state index contributed by atoms with van der Waals surface area (Å²) in [5.74, 6) is -0.137. The van der Waals surface area contributed by atoms with Gasteiger partial charge in [-0.15, -0.1) is 0 Å². The number of amides is 1. The van der Waals surface area contributed by atoms with Gasteiger partial charge in [-0.1, -0.05) is 13.0 Å². The maximum atomic E-state index is 12.9. The number of hydrogen-bond acceptors (Lipinski definition) is 4. The van der Waals surface area contributed by atoms with Crippen LogP contribution in [0.4, 0.5) is 0 Å². The van der Waals surface area contributed by atoms with Crippen LogP contribution in [0.25, 0.3) is 0 Å². The zero-order valence-corrected chi connectivity index (χ0v) is 16.5. The van der Waals surface area contributed by atoms with E-state index in [2.05, 4.69) is 11.6 Å². The molecule has 1 unspecified atom stereocenters. The summed E-state index contributed by atoms with van der Waals surface area (Å²) in [5, 5.41) is 0. The Morgan fingerprint density at radius 3 is 2.52 bits per heavy atom. The van der Waals surface area contributed by atoms with E-state index < -0.39 is 15.6 Å². The van der Waals surface area contributed by atoms with Gasteiger partial charge in [0.1, 0.15) is 0 Å². The number of carbonyl (C=O) groups excluding carboxylic acids is 1. The first kappa shape index (κ1) is 19.9. The molecule has 1 aliphatic rings. The molecule has 1 saturated heterocycles. The van der Waals surface area contributed by atoms with Crippen LogP contribution in [-0.2, 0) is 10.0 Å². The molecule has 25 heavy (non-hydrogen) atoms. The van der Waals surface area contributed by atoms with Gasteiger partial charge >= 0.3 is 0 Å². The van der Waals surface area contributed by atoms with Crippen LogP contribution in [0.2, 0.25) is 0 Å². The molecule has 0 saturated carbocycles. The summed E-state index contributed by atoms with van der Waals surface area (Å²) in [7, 11) is -3.68. The summed E-state index contributed by atoms with van der Waals surface area (Å²) in [6.45, 7) is 11.0. The van der Waals surface area contributed by atoms with Crippen LogP contribution < -0.4 is 10.5 Å². The lowest BCUT2D eigenvalue weighted by atomic mass is 9.90. The third kappa shape index (κ3) is 4.59. The fraction of sp³-hybridized carbons (Fsp3) is 0.611. The molecular weight excluding hydrogens is 338 g/mol. The summed E-state index contributed by atoms with van der Waals surface area (Å²) in [4.78, 5) is 14.8. The van der Waals surface area contributed by atoms with Gasteiger partial charge in [0.15, 0.2) is 0 Å². The van der Waals surface area contributed by atoms with Crippen molar-refractivity contribution in [3.8, 4) is 0 Å². The van der Waals surface area contributed by atoms with Crippen molar-refractivity contribution >= 4 is 15.9 Å². The van der Waals surface area contributed by atoms with E-state index in [1.54, 1.807) is 31.7 Å². The molecule has 1 amide bonds. The summed E-state index contributed by atoms with van der Waals surface area (Å²) >= 11 is 0. The van der Waals surface area contributed by atoms with Crippen LogP contribution >= 0.6 is 0 Å². The predicted octanol–water partition coefficient (Wildman–Crippen LogP) is 1.88. The van der Waals surface area contributed by atoms with Crippen molar-refractivity contribution in [3.63, 3.8) is 0 Å². The Morgan fingerprint density at radius 2 is 2.00 bits per heavy atom. The first-order valence-electron chi connectivity index (χ1n) is 8.51. The monoisotopic (exact) mass is 367 g/mol. The molecule has 0 aromatic heterocycles. The van der Waals surface area contributed by atoms with Gasteiger partial charge in [-0.3, -0.25) is 4.79 Å². The number of hydrogen-bond donors (Lipinski definition) is 2. The maximum absolute atomic E-state index is 12.9. The number of aryl methyl sites for hydroxylation is 1. The van der Waals surface area contributed by atoms with Crippen LogP contribution in [-0.4, -0.2) is 44.4 Å². The largest absolute Gasteiger partial charge is 0.338 e. The van der Waals surface area contributed by atoms with Crippen molar-refractivity contribution in [2.45, 2.75) is 51.5 Å². The Kier molecular flexibility index (Phi) is 5.33. The third-order valence-corrected chi connectivity index (χ3v) is 6.28. The minimum Gasteiger partial charge on any atom is -0.338 e. The molecule has 0 radical (unpaired) electrons. The zero-order valence-electron chi connectivity index (χ0n) is 15.7. The van der Waals surface area contributed by atoms with Crippen LogP contribution in [0.5, 0.6) is 0 Å². The molecule has 0 spiro atoms. The molecule has 6 nitrogen and oxygen atoms in total. The topological polar surface area (TPSA) is 92.5 Å². The van der Waals surface area contributed by atoms with Crippen LogP contribution in [0.1, 0.15) is 50.0 Å². The average Bonchev–Trinajstić information content (AvgIpc) is 2.88. The summed E-state index contributed by atoms with van der Waals surface area (Å²) < 4.78 is 27.7. The van der Waals surface area contributed by atoms with Gasteiger partial charge in [0, 0.05) is 24.2 Å². The normalized spacial score (nSPS) is 21.6. The minimum absolute atomic E-state index is 0.0684. The lowest BCUT2D eigenvalue weighted by Gasteiger charge is -2.24. The van der Waals surface area contributed by atoms with Gasteiger partial charge < -0.3 is 10.6 Å². The van der Waals surface area contributed by atoms with Gasteiger partial charge in [0.2, 0.25) is 10.0 Å². The highest BCUT2D eigenvalue weighted by Gasteiger charge is 2.35. The molecule has 1 aromatic rings. The molecule has 0 aliphatic carbocycles. The third-order valence-electron chi connectivity index (χ3n) is 4.53.